The number of ether oxygens (including phenoxy) is 3. The van der Waals surface area contributed by atoms with Crippen molar-refractivity contribution in [3.8, 4) is 5.75 Å². The smallest absolute Gasteiger partial charge is 0.345 e. The van der Waals surface area contributed by atoms with Crippen LogP contribution < -0.4 is 4.74 Å². The van der Waals surface area contributed by atoms with Gasteiger partial charge in [0, 0.05) is 11.5 Å². The first-order valence-corrected chi connectivity index (χ1v) is 10.8. The highest BCUT2D eigenvalue weighted by molar-refractivity contribution is 6.33. The molecule has 5 rings (SSSR count). The number of carbonyl (C=O) groups excluding carboxylic acids is 4. The molecule has 1 heterocycles. The third-order valence-electron chi connectivity index (χ3n) is 6.58. The normalized spacial score (nSPS) is 27.2. The summed E-state index contributed by atoms with van der Waals surface area (Å²) in [6.45, 7) is -0.420. The number of carbonyl (C=O) groups is 4. The summed E-state index contributed by atoms with van der Waals surface area (Å²) >= 11 is 6.00. The molecular weight excluding hydrogens is 436 g/mol. The average Bonchev–Trinajstić information content (AvgIpc) is 3.41. The highest BCUT2D eigenvalue weighted by Crippen LogP contribution is 2.57. The molecule has 1 saturated heterocycles. The van der Waals surface area contributed by atoms with Crippen molar-refractivity contribution in [2.75, 3.05) is 6.61 Å². The van der Waals surface area contributed by atoms with Crippen LogP contribution in [0.3, 0.4) is 0 Å². The number of benzene rings is 2. The van der Waals surface area contributed by atoms with Crippen molar-refractivity contribution in [2.45, 2.75) is 18.9 Å². The van der Waals surface area contributed by atoms with Crippen molar-refractivity contribution in [1.29, 1.82) is 0 Å². The van der Waals surface area contributed by atoms with Gasteiger partial charge in [0.05, 0.1) is 22.4 Å². The Morgan fingerprint density at radius 3 is 2.53 bits per heavy atom. The second-order valence-electron chi connectivity index (χ2n) is 8.35. The van der Waals surface area contributed by atoms with Gasteiger partial charge in [0.25, 0.3) is 0 Å². The van der Waals surface area contributed by atoms with E-state index in [1.165, 1.54) is 24.3 Å². The van der Waals surface area contributed by atoms with Crippen LogP contribution in [0.5, 0.6) is 5.75 Å². The molecule has 1 aliphatic heterocycles. The number of rotatable bonds is 6. The van der Waals surface area contributed by atoms with Crippen LogP contribution in [0.25, 0.3) is 0 Å². The van der Waals surface area contributed by atoms with Crippen molar-refractivity contribution in [3.05, 3.63) is 64.7 Å². The van der Waals surface area contributed by atoms with Crippen LogP contribution in [0.15, 0.2) is 48.5 Å². The van der Waals surface area contributed by atoms with Crippen molar-refractivity contribution < 1.29 is 33.4 Å². The van der Waals surface area contributed by atoms with Gasteiger partial charge in [0.15, 0.2) is 12.4 Å². The first-order valence-electron chi connectivity index (χ1n) is 10.4. The maximum absolute atomic E-state index is 12.6. The molecule has 7 nitrogen and oxygen atoms in total. The van der Waals surface area contributed by atoms with Crippen molar-refractivity contribution in [3.63, 3.8) is 0 Å². The molecule has 0 spiro atoms. The fourth-order valence-corrected chi connectivity index (χ4v) is 5.35. The summed E-state index contributed by atoms with van der Waals surface area (Å²) < 4.78 is 15.9. The number of ketones is 1. The lowest BCUT2D eigenvalue weighted by molar-refractivity contribution is -0.154. The van der Waals surface area contributed by atoms with Crippen LogP contribution in [-0.2, 0) is 19.1 Å². The van der Waals surface area contributed by atoms with E-state index in [0.29, 0.717) is 12.0 Å². The number of esters is 3. The molecule has 3 fully saturated rings. The second-order valence-corrected chi connectivity index (χ2v) is 8.75. The Balaban J connectivity index is 1.17. The zero-order chi connectivity index (χ0) is 22.4. The first-order chi connectivity index (χ1) is 15.4. The number of halogens is 1. The number of hydrogen-bond donors (Lipinski definition) is 0. The molecule has 0 aromatic heterocycles. The molecule has 164 valence electrons. The largest absolute Gasteiger partial charge is 0.462 e. The van der Waals surface area contributed by atoms with E-state index in [2.05, 4.69) is 0 Å². The van der Waals surface area contributed by atoms with E-state index in [4.69, 9.17) is 25.8 Å². The van der Waals surface area contributed by atoms with Gasteiger partial charge in [-0.3, -0.25) is 14.4 Å². The minimum Gasteiger partial charge on any atom is -0.462 e. The quantitative estimate of drug-likeness (QED) is 0.374. The van der Waals surface area contributed by atoms with Gasteiger partial charge >= 0.3 is 17.9 Å². The lowest BCUT2D eigenvalue weighted by atomic mass is 9.80. The lowest BCUT2D eigenvalue weighted by Crippen LogP contribution is -2.34. The molecule has 32 heavy (non-hydrogen) atoms. The molecule has 0 N–H and O–H groups in total. The Hall–Kier alpha value is -3.19. The van der Waals surface area contributed by atoms with Gasteiger partial charge in [-0.2, -0.15) is 0 Å². The second kappa shape index (κ2) is 8.06. The zero-order valence-corrected chi connectivity index (χ0v) is 17.6. The summed E-state index contributed by atoms with van der Waals surface area (Å²) in [5.74, 6) is -2.37. The summed E-state index contributed by atoms with van der Waals surface area (Å²) in [4.78, 5) is 49.3. The molecule has 0 unspecified atom stereocenters. The highest BCUT2D eigenvalue weighted by Gasteiger charge is 2.64. The van der Waals surface area contributed by atoms with Crippen molar-refractivity contribution in [2.24, 2.45) is 23.7 Å². The number of Topliss-reactive ketones (excluding diaryl/α,β-unsaturated/α-hetero) is 1. The minimum absolute atomic E-state index is 0.0614. The molecule has 3 aliphatic rings. The Morgan fingerprint density at radius 2 is 1.78 bits per heavy atom. The van der Waals surface area contributed by atoms with Gasteiger partial charge in [-0.15, -0.1) is 0 Å². The van der Waals surface area contributed by atoms with E-state index in [9.17, 15) is 19.2 Å². The molecule has 2 aliphatic carbocycles. The Labute approximate surface area is 188 Å². The average molecular weight is 455 g/mol. The van der Waals surface area contributed by atoms with Crippen molar-refractivity contribution >= 4 is 35.3 Å². The van der Waals surface area contributed by atoms with Crippen LogP contribution >= 0.6 is 11.6 Å². The minimum atomic E-state index is -0.609. The predicted octanol–water partition coefficient (Wildman–Crippen LogP) is 3.48. The van der Waals surface area contributed by atoms with Gasteiger partial charge in [-0.05, 0) is 55.2 Å². The zero-order valence-electron chi connectivity index (χ0n) is 16.9. The predicted molar refractivity (Wildman–Crippen MR) is 111 cm³/mol. The first kappa shape index (κ1) is 20.7. The summed E-state index contributed by atoms with van der Waals surface area (Å²) in [5, 5.41) is 0.281. The van der Waals surface area contributed by atoms with Crippen molar-refractivity contribution in [1.82, 2.24) is 0 Å². The molecule has 0 amide bonds. The number of fused-ring (bicyclic) bond motifs is 1. The molecule has 2 bridgehead atoms. The molecule has 0 radical (unpaired) electrons. The van der Waals surface area contributed by atoms with Gasteiger partial charge < -0.3 is 14.2 Å². The molecular formula is C24H19ClO7. The van der Waals surface area contributed by atoms with Crippen LogP contribution in [0.4, 0.5) is 0 Å². The summed E-state index contributed by atoms with van der Waals surface area (Å²) in [7, 11) is 0. The molecule has 2 saturated carbocycles. The van der Waals surface area contributed by atoms with Gasteiger partial charge in [0.2, 0.25) is 0 Å². The third kappa shape index (κ3) is 3.56. The van der Waals surface area contributed by atoms with Crippen LogP contribution in [0.2, 0.25) is 5.02 Å². The SMILES string of the molecule is O=C(COC(=O)[C@@H]1[C@@H]2C[C@@H]3[C@H]1C(=O)O[C@H]3C2)c1ccc(OC(=O)c2ccccc2Cl)cc1. The fourth-order valence-electron chi connectivity index (χ4n) is 5.14. The Kier molecular flexibility index (Phi) is 5.21. The molecule has 2 aromatic carbocycles. The Morgan fingerprint density at radius 1 is 1.03 bits per heavy atom. The summed E-state index contributed by atoms with van der Waals surface area (Å²) in [6.07, 6.45) is 1.42. The van der Waals surface area contributed by atoms with E-state index in [1.54, 1.807) is 24.3 Å². The van der Waals surface area contributed by atoms with Gasteiger partial charge in [-0.25, -0.2) is 4.79 Å². The molecule has 2 aromatic rings. The standard InChI is InChI=1S/C24H19ClO7/c25-17-4-2-1-3-15(17)22(27)31-14-7-5-12(6-8-14)18(26)11-30-23(28)20-13-9-16-19(10-13)32-24(29)21(16)20/h1-8,13,16,19-21H,9-11H2/t13-,16+,19+,20-,21-/m1/s1. The highest BCUT2D eigenvalue weighted by atomic mass is 35.5. The maximum atomic E-state index is 12.6. The number of hydrogen-bond acceptors (Lipinski definition) is 7. The Bertz CT molecular complexity index is 1110. The summed E-state index contributed by atoms with van der Waals surface area (Å²) in [6, 6.07) is 12.5. The van der Waals surface area contributed by atoms with E-state index in [1.807, 2.05) is 0 Å². The van der Waals surface area contributed by atoms with E-state index >= 15 is 0 Å². The fraction of sp³-hybridized carbons (Fsp3) is 0.333. The van der Waals surface area contributed by atoms with Crippen LogP contribution in [0, 0.1) is 23.7 Å². The maximum Gasteiger partial charge on any atom is 0.345 e. The third-order valence-corrected chi connectivity index (χ3v) is 6.91. The van der Waals surface area contributed by atoms with Gasteiger partial charge in [0.1, 0.15) is 11.9 Å². The van der Waals surface area contributed by atoms with E-state index in [-0.39, 0.29) is 40.2 Å². The topological polar surface area (TPSA) is 96.0 Å². The van der Waals surface area contributed by atoms with Crippen LogP contribution in [0.1, 0.15) is 33.6 Å². The monoisotopic (exact) mass is 454 g/mol. The lowest BCUT2D eigenvalue weighted by Gasteiger charge is -2.22. The molecule has 8 heteroatoms. The molecule has 5 atom stereocenters. The van der Waals surface area contributed by atoms with Gasteiger partial charge in [-0.1, -0.05) is 23.7 Å². The summed E-state index contributed by atoms with van der Waals surface area (Å²) in [5.41, 5.74) is 0.544. The van der Waals surface area contributed by atoms with E-state index < -0.39 is 36.2 Å². The van der Waals surface area contributed by atoms with E-state index in [0.717, 1.165) is 6.42 Å². The van der Waals surface area contributed by atoms with Crippen LogP contribution in [-0.4, -0.2) is 36.4 Å².